The van der Waals surface area contributed by atoms with Crippen LogP contribution in [0, 0.1) is 0 Å². The summed E-state index contributed by atoms with van der Waals surface area (Å²) in [4.78, 5) is 49.4. The molecule has 1 atom stereocenters. The number of amides is 2. The van der Waals surface area contributed by atoms with Gasteiger partial charge in [0.25, 0.3) is 5.91 Å². The van der Waals surface area contributed by atoms with Crippen molar-refractivity contribution in [1.29, 1.82) is 0 Å². The maximum atomic E-state index is 12.6. The van der Waals surface area contributed by atoms with E-state index >= 15 is 0 Å². The second-order valence-corrected chi connectivity index (χ2v) is 10.3. The second kappa shape index (κ2) is 18.6. The number of nitrogens with zero attached hydrogens (tertiary/aromatic N) is 1. The lowest BCUT2D eigenvalue weighted by molar-refractivity contribution is -0.158. The molecular weight excluding hydrogens is 508 g/mol. The third-order valence-electron chi connectivity index (χ3n) is 6.99. The molecule has 0 heterocycles. The Hall–Kier alpha value is -3.68. The fourth-order valence-corrected chi connectivity index (χ4v) is 4.74. The largest absolute Gasteiger partial charge is 0.481 e. The highest BCUT2D eigenvalue weighted by Crippen LogP contribution is 2.18. The molecule has 0 aromatic heterocycles. The number of aliphatic carboxylic acids is 2. The van der Waals surface area contributed by atoms with Crippen LogP contribution in [0.25, 0.3) is 0 Å². The van der Waals surface area contributed by atoms with Crippen LogP contribution in [0.4, 0.5) is 0 Å². The summed E-state index contributed by atoms with van der Waals surface area (Å²) >= 11 is 0. The molecule has 2 amide bonds. The molecule has 0 fully saturated rings. The Morgan fingerprint density at radius 3 is 1.88 bits per heavy atom. The molecule has 0 aliphatic heterocycles. The zero-order chi connectivity index (χ0) is 29.2. The van der Waals surface area contributed by atoms with Crippen LogP contribution in [0.15, 0.2) is 54.6 Å². The van der Waals surface area contributed by atoms with E-state index in [0.717, 1.165) is 23.3 Å². The van der Waals surface area contributed by atoms with Gasteiger partial charge in [-0.05, 0) is 36.1 Å². The molecule has 0 spiro atoms. The molecule has 0 aliphatic rings. The Morgan fingerprint density at radius 2 is 1.32 bits per heavy atom. The monoisotopic (exact) mass is 552 g/mol. The van der Waals surface area contributed by atoms with Gasteiger partial charge in [0.1, 0.15) is 0 Å². The summed E-state index contributed by atoms with van der Waals surface area (Å²) in [5.74, 6) is -4.13. The highest BCUT2D eigenvalue weighted by Gasteiger charge is 2.30. The van der Waals surface area contributed by atoms with Crippen LogP contribution < -0.4 is 5.32 Å². The summed E-state index contributed by atoms with van der Waals surface area (Å²) in [7, 11) is 0. The van der Waals surface area contributed by atoms with Crippen molar-refractivity contribution in [2.75, 3.05) is 6.54 Å². The van der Waals surface area contributed by atoms with Crippen molar-refractivity contribution >= 4 is 23.8 Å². The highest BCUT2D eigenvalue weighted by atomic mass is 16.4. The Bertz CT molecular complexity index is 1050. The summed E-state index contributed by atoms with van der Waals surface area (Å²) in [6.07, 6.45) is 12.1. The average Bonchev–Trinajstić information content (AvgIpc) is 2.94. The summed E-state index contributed by atoms with van der Waals surface area (Å²) < 4.78 is 0. The fourth-order valence-electron chi connectivity index (χ4n) is 4.74. The predicted octanol–water partition coefficient (Wildman–Crippen LogP) is 5.84. The highest BCUT2D eigenvalue weighted by molar-refractivity contribution is 6.31. The summed E-state index contributed by atoms with van der Waals surface area (Å²) in [5, 5.41) is 21.8. The number of hydrogen-bond acceptors (Lipinski definition) is 4. The van der Waals surface area contributed by atoms with E-state index in [1.807, 2.05) is 6.07 Å². The third-order valence-corrected chi connectivity index (χ3v) is 6.99. The molecule has 8 nitrogen and oxygen atoms in total. The lowest BCUT2D eigenvalue weighted by Gasteiger charge is -2.30. The number of benzene rings is 2. The van der Waals surface area contributed by atoms with Crippen molar-refractivity contribution in [3.05, 3.63) is 71.3 Å². The first-order chi connectivity index (χ1) is 19.3. The van der Waals surface area contributed by atoms with Gasteiger partial charge < -0.3 is 20.4 Å². The number of carbonyl (C=O) groups excluding carboxylic acids is 2. The average molecular weight is 553 g/mol. The molecule has 218 valence electrons. The molecule has 0 saturated carbocycles. The summed E-state index contributed by atoms with van der Waals surface area (Å²) in [5.41, 5.74) is 1.87. The van der Waals surface area contributed by atoms with Gasteiger partial charge in [0.2, 0.25) is 0 Å². The maximum absolute atomic E-state index is 12.6. The Kier molecular flexibility index (Phi) is 15.1. The van der Waals surface area contributed by atoms with E-state index in [1.54, 1.807) is 48.5 Å². The number of nitrogens with one attached hydrogen (secondary N) is 1. The van der Waals surface area contributed by atoms with Crippen LogP contribution in [-0.2, 0) is 27.3 Å². The van der Waals surface area contributed by atoms with E-state index in [1.165, 1.54) is 51.4 Å². The van der Waals surface area contributed by atoms with Crippen molar-refractivity contribution in [2.45, 2.75) is 96.6 Å². The van der Waals surface area contributed by atoms with Gasteiger partial charge in [0.05, 0.1) is 6.42 Å². The van der Waals surface area contributed by atoms with Crippen LogP contribution in [0.3, 0.4) is 0 Å². The molecule has 0 saturated heterocycles. The van der Waals surface area contributed by atoms with Crippen molar-refractivity contribution in [1.82, 2.24) is 10.2 Å². The van der Waals surface area contributed by atoms with Crippen LogP contribution in [0.2, 0.25) is 0 Å². The van der Waals surface area contributed by atoms with Crippen molar-refractivity contribution in [3.63, 3.8) is 0 Å². The van der Waals surface area contributed by atoms with Gasteiger partial charge in [-0.2, -0.15) is 0 Å². The van der Waals surface area contributed by atoms with E-state index in [4.69, 9.17) is 0 Å². The van der Waals surface area contributed by atoms with Gasteiger partial charge in [-0.15, -0.1) is 0 Å². The molecule has 2 aromatic carbocycles. The molecule has 40 heavy (non-hydrogen) atoms. The quantitative estimate of drug-likeness (QED) is 0.149. The zero-order valence-electron chi connectivity index (χ0n) is 23.6. The van der Waals surface area contributed by atoms with E-state index in [0.29, 0.717) is 17.7 Å². The molecule has 0 bridgehead atoms. The molecule has 0 aliphatic carbocycles. The van der Waals surface area contributed by atoms with Crippen LogP contribution >= 0.6 is 0 Å². The molecule has 2 rings (SSSR count). The summed E-state index contributed by atoms with van der Waals surface area (Å²) in [6.45, 7) is 2.74. The minimum absolute atomic E-state index is 0.0869. The molecule has 3 N–H and O–H groups in total. The number of carboxylic acids is 2. The fraction of sp³-hybridized carbons (Fsp3) is 0.500. The first kappa shape index (κ1) is 32.5. The number of carbonyl (C=O) groups is 4. The third kappa shape index (κ3) is 12.5. The first-order valence-electron chi connectivity index (χ1n) is 14.5. The van der Waals surface area contributed by atoms with Crippen LogP contribution in [-0.4, -0.2) is 51.5 Å². The Labute approximate surface area is 237 Å². The minimum atomic E-state index is -1.65. The van der Waals surface area contributed by atoms with E-state index in [2.05, 4.69) is 12.2 Å². The number of hydrogen-bond donors (Lipinski definition) is 3. The van der Waals surface area contributed by atoms with Crippen LogP contribution in [0.5, 0.6) is 0 Å². The number of rotatable bonds is 19. The molecule has 0 radical (unpaired) electrons. The SMILES string of the molecule is CCCCCCCCCCCCNC(=O)c1ccc(CN(C(=O)C(=O)O)C(CC(=O)O)Cc2ccccc2)cc1. The number of carboxylic acid groups (broad SMARTS) is 2. The number of unbranched alkanes of at least 4 members (excludes halogenated alkanes) is 9. The molecule has 8 heteroatoms. The lowest BCUT2D eigenvalue weighted by atomic mass is 10.0. The van der Waals surface area contributed by atoms with Gasteiger partial charge >= 0.3 is 17.8 Å². The minimum Gasteiger partial charge on any atom is -0.481 e. The van der Waals surface area contributed by atoms with Crippen molar-refractivity contribution < 1.29 is 29.4 Å². The van der Waals surface area contributed by atoms with Gasteiger partial charge in [-0.1, -0.05) is 107 Å². The van der Waals surface area contributed by atoms with Gasteiger partial charge in [0.15, 0.2) is 0 Å². The zero-order valence-corrected chi connectivity index (χ0v) is 23.6. The second-order valence-electron chi connectivity index (χ2n) is 10.3. The first-order valence-corrected chi connectivity index (χ1v) is 14.5. The Balaban J connectivity index is 1.89. The maximum Gasteiger partial charge on any atom is 0.394 e. The van der Waals surface area contributed by atoms with Crippen molar-refractivity contribution in [3.8, 4) is 0 Å². The Morgan fingerprint density at radius 1 is 0.750 bits per heavy atom. The van der Waals surface area contributed by atoms with Gasteiger partial charge in [-0.3, -0.25) is 14.4 Å². The lowest BCUT2D eigenvalue weighted by Crippen LogP contribution is -2.45. The topological polar surface area (TPSA) is 124 Å². The normalized spacial score (nSPS) is 11.5. The smallest absolute Gasteiger partial charge is 0.394 e. The van der Waals surface area contributed by atoms with Gasteiger partial charge in [0, 0.05) is 24.7 Å². The molecular formula is C32H44N2O6. The van der Waals surface area contributed by atoms with E-state index in [-0.39, 0.29) is 18.9 Å². The van der Waals surface area contributed by atoms with Crippen molar-refractivity contribution in [2.24, 2.45) is 0 Å². The molecule has 2 aromatic rings. The standard InChI is InChI=1S/C32H44N2O6/c1-2-3-4-5-6-7-8-9-10-14-21-33-30(37)27-19-17-26(18-20-27)24-34(31(38)32(39)40)28(23-29(35)36)22-25-15-12-11-13-16-25/h11-13,15-20,28H,2-10,14,21-24H2,1H3,(H,33,37)(H,35,36)(H,39,40). The molecule has 1 unspecified atom stereocenters. The van der Waals surface area contributed by atoms with E-state index in [9.17, 15) is 29.4 Å². The summed E-state index contributed by atoms with van der Waals surface area (Å²) in [6, 6.07) is 14.8. The van der Waals surface area contributed by atoms with Crippen LogP contribution in [0.1, 0.15) is 99.0 Å². The van der Waals surface area contributed by atoms with E-state index < -0.39 is 30.3 Å². The predicted molar refractivity (Wildman–Crippen MR) is 155 cm³/mol. The van der Waals surface area contributed by atoms with Gasteiger partial charge in [-0.25, -0.2) is 4.79 Å².